The Morgan fingerprint density at radius 3 is 1.81 bits per heavy atom. The zero-order valence-corrected chi connectivity index (χ0v) is 17.7. The summed E-state index contributed by atoms with van der Waals surface area (Å²) in [5.74, 6) is 0. The second kappa shape index (κ2) is 7.79. The maximum atomic E-state index is 13.1. The zero-order valence-electron chi connectivity index (χ0n) is 17.7. The molecule has 2 amide bonds. The van der Waals surface area contributed by atoms with Gasteiger partial charge in [-0.3, -0.25) is 0 Å². The van der Waals surface area contributed by atoms with Crippen LogP contribution in [0.15, 0.2) is 24.3 Å². The minimum absolute atomic E-state index is 0.204. The molecular weight excluding hydrogens is 442 g/mol. The van der Waals surface area contributed by atoms with Gasteiger partial charge < -0.3 is 20.0 Å². The number of rotatable bonds is 2. The molecule has 1 atom stereocenters. The highest BCUT2D eigenvalue weighted by Crippen LogP contribution is 2.50. The van der Waals surface area contributed by atoms with Gasteiger partial charge in [0.15, 0.2) is 0 Å². The van der Waals surface area contributed by atoms with Gasteiger partial charge in [0.1, 0.15) is 0 Å². The molecule has 0 spiro atoms. The number of hydrogen-bond donors (Lipinski definition) is 2. The van der Waals surface area contributed by atoms with E-state index >= 15 is 0 Å². The Bertz CT molecular complexity index is 829. The summed E-state index contributed by atoms with van der Waals surface area (Å²) in [5.41, 5.74) is -7.27. The van der Waals surface area contributed by atoms with Crippen molar-refractivity contribution in [1.29, 1.82) is 0 Å². The number of piperidine rings is 1. The summed E-state index contributed by atoms with van der Waals surface area (Å²) in [7, 11) is 0. The van der Waals surface area contributed by atoms with E-state index in [2.05, 4.69) is 0 Å². The van der Waals surface area contributed by atoms with Crippen molar-refractivity contribution in [2.24, 2.45) is 0 Å². The smallest absolute Gasteiger partial charge is 0.390 e. The fourth-order valence-corrected chi connectivity index (χ4v) is 4.34. The van der Waals surface area contributed by atoms with E-state index in [-0.39, 0.29) is 12.6 Å². The van der Waals surface area contributed by atoms with Crippen LogP contribution in [0.4, 0.5) is 31.1 Å². The first-order chi connectivity index (χ1) is 14.5. The maximum absolute atomic E-state index is 13.1. The molecule has 2 fully saturated rings. The van der Waals surface area contributed by atoms with Crippen molar-refractivity contribution in [2.45, 2.75) is 62.1 Å². The minimum Gasteiger partial charge on any atom is -0.390 e. The molecule has 2 aliphatic rings. The fourth-order valence-electron chi connectivity index (χ4n) is 4.34. The van der Waals surface area contributed by atoms with Crippen molar-refractivity contribution in [2.75, 3.05) is 26.2 Å². The summed E-state index contributed by atoms with van der Waals surface area (Å²) in [6.45, 7) is 4.95. The lowest BCUT2D eigenvalue weighted by atomic mass is 9.80. The molecule has 0 saturated carbocycles. The van der Waals surface area contributed by atoms with E-state index < -0.39 is 34.5 Å². The lowest BCUT2D eigenvalue weighted by Crippen LogP contribution is -2.53. The highest BCUT2D eigenvalue weighted by atomic mass is 19.4. The van der Waals surface area contributed by atoms with Crippen LogP contribution in [-0.2, 0) is 11.0 Å². The quantitative estimate of drug-likeness (QED) is 0.647. The molecule has 1 aromatic rings. The number of amides is 2. The predicted molar refractivity (Wildman–Crippen MR) is 103 cm³/mol. The van der Waals surface area contributed by atoms with Crippen molar-refractivity contribution in [1.82, 2.24) is 9.80 Å². The van der Waals surface area contributed by atoms with E-state index in [1.165, 1.54) is 0 Å². The van der Waals surface area contributed by atoms with Gasteiger partial charge >= 0.3 is 18.4 Å². The lowest BCUT2D eigenvalue weighted by Gasteiger charge is -2.38. The van der Waals surface area contributed by atoms with Crippen LogP contribution in [0, 0.1) is 0 Å². The molecule has 180 valence electrons. The molecule has 2 N–H and O–H groups in total. The summed E-state index contributed by atoms with van der Waals surface area (Å²) >= 11 is 0. The van der Waals surface area contributed by atoms with E-state index in [1.54, 1.807) is 23.6 Å². The van der Waals surface area contributed by atoms with Gasteiger partial charge in [-0.15, -0.1) is 0 Å². The molecular formula is C21H26F6N2O3. The van der Waals surface area contributed by atoms with E-state index in [0.717, 1.165) is 12.1 Å². The Hall–Kier alpha value is -2.01. The number of carbonyl (C=O) groups excluding carboxylic acids is 1. The van der Waals surface area contributed by atoms with Gasteiger partial charge in [0.25, 0.3) is 5.60 Å². The van der Waals surface area contributed by atoms with Crippen LogP contribution in [0.1, 0.15) is 44.2 Å². The number of carbonyl (C=O) groups is 1. The SMILES string of the molecule is CC1(O)CCN(C(=O)N2CC[C@@](C)(c3ccc(C(O)(C(F)(F)F)C(F)(F)F)cc3)C2)CC1. The van der Waals surface area contributed by atoms with Crippen LogP contribution in [0.5, 0.6) is 0 Å². The first-order valence-electron chi connectivity index (χ1n) is 10.2. The third-order valence-corrected chi connectivity index (χ3v) is 6.68. The molecule has 3 rings (SSSR count). The van der Waals surface area contributed by atoms with Gasteiger partial charge in [0, 0.05) is 37.2 Å². The average molecular weight is 468 g/mol. The van der Waals surface area contributed by atoms with Crippen LogP contribution < -0.4 is 0 Å². The minimum atomic E-state index is -5.94. The predicted octanol–water partition coefficient (Wildman–Crippen LogP) is 3.93. The number of likely N-dealkylation sites (tertiary alicyclic amines) is 2. The van der Waals surface area contributed by atoms with Crippen LogP contribution in [0.2, 0.25) is 0 Å². The highest BCUT2D eigenvalue weighted by molar-refractivity contribution is 5.75. The second-order valence-corrected chi connectivity index (χ2v) is 9.28. The summed E-state index contributed by atoms with van der Waals surface area (Å²) < 4.78 is 78.6. The van der Waals surface area contributed by atoms with E-state index in [0.29, 0.717) is 56.6 Å². The second-order valence-electron chi connectivity index (χ2n) is 9.28. The van der Waals surface area contributed by atoms with Gasteiger partial charge in [-0.25, -0.2) is 4.79 Å². The molecule has 1 aromatic carbocycles. The van der Waals surface area contributed by atoms with Gasteiger partial charge in [-0.05, 0) is 31.7 Å². The molecule has 0 radical (unpaired) electrons. The van der Waals surface area contributed by atoms with Crippen molar-refractivity contribution in [3.63, 3.8) is 0 Å². The van der Waals surface area contributed by atoms with Gasteiger partial charge in [-0.2, -0.15) is 26.3 Å². The summed E-state index contributed by atoms with van der Waals surface area (Å²) in [5, 5.41) is 19.6. The highest BCUT2D eigenvalue weighted by Gasteiger charge is 2.71. The van der Waals surface area contributed by atoms with Crippen LogP contribution >= 0.6 is 0 Å². The fraction of sp³-hybridized carbons (Fsp3) is 0.667. The number of urea groups is 1. The van der Waals surface area contributed by atoms with Crippen molar-refractivity contribution in [3.05, 3.63) is 35.4 Å². The van der Waals surface area contributed by atoms with E-state index in [4.69, 9.17) is 0 Å². The van der Waals surface area contributed by atoms with Gasteiger partial charge in [0.05, 0.1) is 5.60 Å². The van der Waals surface area contributed by atoms with Crippen LogP contribution in [-0.4, -0.2) is 70.2 Å². The number of hydrogen-bond acceptors (Lipinski definition) is 3. The third kappa shape index (κ3) is 4.28. The summed E-state index contributed by atoms with van der Waals surface area (Å²) in [6, 6.07) is 3.36. The molecule has 0 aliphatic carbocycles. The molecule has 2 aliphatic heterocycles. The maximum Gasteiger partial charge on any atom is 0.430 e. The normalized spacial score (nSPS) is 24.7. The molecule has 5 nitrogen and oxygen atoms in total. The number of alkyl halides is 6. The number of halogens is 6. The molecule has 0 aromatic heterocycles. The number of aliphatic hydroxyl groups is 2. The monoisotopic (exact) mass is 468 g/mol. The lowest BCUT2D eigenvalue weighted by molar-refractivity contribution is -0.376. The van der Waals surface area contributed by atoms with Crippen molar-refractivity contribution < 1.29 is 41.4 Å². The molecule has 0 unspecified atom stereocenters. The number of nitrogens with zero attached hydrogens (tertiary/aromatic N) is 2. The Morgan fingerprint density at radius 1 is 0.875 bits per heavy atom. The average Bonchev–Trinajstić information content (AvgIpc) is 3.08. The molecule has 32 heavy (non-hydrogen) atoms. The van der Waals surface area contributed by atoms with Crippen molar-refractivity contribution >= 4 is 6.03 Å². The first-order valence-corrected chi connectivity index (χ1v) is 10.2. The van der Waals surface area contributed by atoms with E-state index in [1.807, 2.05) is 0 Å². The topological polar surface area (TPSA) is 64.0 Å². The third-order valence-electron chi connectivity index (χ3n) is 6.68. The Labute approximate surface area is 181 Å². The number of benzene rings is 1. The van der Waals surface area contributed by atoms with Gasteiger partial charge in [0.2, 0.25) is 0 Å². The molecule has 2 saturated heterocycles. The molecule has 11 heteroatoms. The van der Waals surface area contributed by atoms with Gasteiger partial charge in [-0.1, -0.05) is 31.2 Å². The zero-order chi connectivity index (χ0) is 24.2. The summed E-state index contributed by atoms with van der Waals surface area (Å²) in [6.07, 6.45) is -10.5. The van der Waals surface area contributed by atoms with E-state index in [9.17, 15) is 41.4 Å². The van der Waals surface area contributed by atoms with Crippen LogP contribution in [0.3, 0.4) is 0 Å². The Balaban J connectivity index is 1.76. The molecule has 0 bridgehead atoms. The standard InChI is InChI=1S/C21H26F6N2O3/c1-17(7-10-29(13-17)16(30)28-11-8-18(2,31)9-12-28)14-3-5-15(6-4-14)19(32,20(22,23)24)21(25,26)27/h3-6,31-32H,7-13H2,1-2H3/t17-/m1/s1. The van der Waals surface area contributed by atoms with Crippen LogP contribution in [0.25, 0.3) is 0 Å². The largest absolute Gasteiger partial charge is 0.430 e. The Kier molecular flexibility index (Phi) is 6.00. The molecule has 2 heterocycles. The Morgan fingerprint density at radius 2 is 1.34 bits per heavy atom. The first kappa shape index (κ1) is 24.6. The summed E-state index contributed by atoms with van der Waals surface area (Å²) in [4.78, 5) is 16.1. The van der Waals surface area contributed by atoms with Crippen molar-refractivity contribution in [3.8, 4) is 0 Å².